The van der Waals surface area contributed by atoms with Gasteiger partial charge in [0.05, 0.1) is 0 Å². The molecule has 0 saturated carbocycles. The Morgan fingerprint density at radius 1 is 0.889 bits per heavy atom. The van der Waals surface area contributed by atoms with E-state index in [0.717, 1.165) is 0 Å². The van der Waals surface area contributed by atoms with Crippen LogP contribution in [0.15, 0.2) is 35.5 Å². The van der Waals surface area contributed by atoms with Gasteiger partial charge in [0.2, 0.25) is 0 Å². The summed E-state index contributed by atoms with van der Waals surface area (Å²) in [6.07, 6.45) is 14.9. The molecule has 0 amide bonds. The Hall–Kier alpha value is -0.109. The van der Waals surface area contributed by atoms with Gasteiger partial charge >= 0.3 is 26.8 Å². The third-order valence-corrected chi connectivity index (χ3v) is 2.18. The fraction of sp³-hybridized carbons (Fsp3) is 0.375. The van der Waals surface area contributed by atoms with Crippen molar-refractivity contribution in [2.75, 3.05) is 0 Å². The van der Waals surface area contributed by atoms with Gasteiger partial charge in [0.25, 0.3) is 0 Å². The Morgan fingerprint density at radius 3 is 1.22 bits per heavy atom. The van der Waals surface area contributed by atoms with Crippen LogP contribution >= 0.6 is 0 Å². The molecule has 2 heteroatoms. The van der Waals surface area contributed by atoms with Crippen molar-refractivity contribution in [3.8, 4) is 0 Å². The quantitative estimate of drug-likeness (QED) is 0.458. The van der Waals surface area contributed by atoms with Gasteiger partial charge in [-0.1, -0.05) is 39.5 Å². The van der Waals surface area contributed by atoms with Gasteiger partial charge in [-0.05, 0) is 0 Å². The molecule has 2 unspecified atom stereocenters. The van der Waals surface area contributed by atoms with Crippen molar-refractivity contribution < 1.29 is 19.2 Å². The summed E-state index contributed by atoms with van der Waals surface area (Å²) in [7, 11) is 2.97. The standard InChI is InChI=1S/2C7H9.2CH3.Si.Ti/c2*1-6-3-4-7(2)5-6;;;;/h2*3-4,6H,1-2H3;2*1H3;;/q4*-1;;. The molecule has 0 heterocycles. The molecular formula is C16H24SiTi-4. The van der Waals surface area contributed by atoms with E-state index in [9.17, 15) is 0 Å². The van der Waals surface area contributed by atoms with Gasteiger partial charge in [-0.15, -0.1) is 0 Å². The molecule has 2 aliphatic carbocycles. The summed E-state index contributed by atoms with van der Waals surface area (Å²) in [6, 6.07) is 0. The van der Waals surface area contributed by atoms with Gasteiger partial charge in [-0.3, -0.25) is 12.2 Å². The van der Waals surface area contributed by atoms with E-state index in [1.807, 2.05) is 0 Å². The summed E-state index contributed by atoms with van der Waals surface area (Å²) in [5, 5.41) is 0. The van der Waals surface area contributed by atoms with Crippen molar-refractivity contribution in [2.24, 2.45) is 11.8 Å². The molecule has 2 rings (SSSR count). The van der Waals surface area contributed by atoms with E-state index >= 15 is 0 Å². The van der Waals surface area contributed by atoms with Crippen LogP contribution < -0.4 is 0 Å². The molecule has 0 bridgehead atoms. The molecule has 0 aromatic carbocycles. The van der Waals surface area contributed by atoms with Crippen LogP contribution in [0.1, 0.15) is 27.7 Å². The second-order valence-electron chi connectivity index (χ2n) is 3.95. The van der Waals surface area contributed by atoms with Crippen molar-refractivity contribution >= 4 is 7.63 Å². The SMILES string of the molecule is CC1=[C-]C(C)C=C1.CC1=[C-]C(C)C=C1.[CH3-].[CH3-].[Si]=[Ti]. The van der Waals surface area contributed by atoms with Gasteiger partial charge < -0.3 is 14.9 Å². The topological polar surface area (TPSA) is 0 Å². The molecule has 2 radical (unpaired) electrons. The van der Waals surface area contributed by atoms with Crippen molar-refractivity contribution in [2.45, 2.75) is 27.7 Å². The molecule has 2 aliphatic rings. The van der Waals surface area contributed by atoms with Gasteiger partial charge in [0.1, 0.15) is 0 Å². The molecule has 100 valence electrons. The Balaban J connectivity index is -0.000000200. The molecule has 0 nitrogen and oxygen atoms in total. The van der Waals surface area contributed by atoms with Crippen molar-refractivity contribution in [3.63, 3.8) is 0 Å². The summed E-state index contributed by atoms with van der Waals surface area (Å²) < 4.78 is 0. The summed E-state index contributed by atoms with van der Waals surface area (Å²) in [4.78, 5) is 0. The molecule has 0 N–H and O–H groups in total. The predicted octanol–water partition coefficient (Wildman–Crippen LogP) is 4.40. The Morgan fingerprint density at radius 2 is 1.17 bits per heavy atom. The monoisotopic (exact) mass is 292 g/mol. The average Bonchev–Trinajstić information content (AvgIpc) is 2.80. The van der Waals surface area contributed by atoms with Crippen LogP contribution in [0.3, 0.4) is 0 Å². The summed E-state index contributed by atoms with van der Waals surface area (Å²) >= 11 is 1.81. The third kappa shape index (κ3) is 11.0. The number of hydrogen-bond donors (Lipinski definition) is 0. The van der Waals surface area contributed by atoms with E-state index in [0.29, 0.717) is 11.8 Å². The fourth-order valence-electron chi connectivity index (χ4n) is 1.49. The number of allylic oxidation sites excluding steroid dienone is 8. The molecule has 2 atom stereocenters. The van der Waals surface area contributed by atoms with Gasteiger partial charge in [0, 0.05) is 0 Å². The maximum absolute atomic E-state index is 3.22. The maximum atomic E-state index is 3.22. The van der Waals surface area contributed by atoms with E-state index < -0.39 is 0 Å². The molecule has 0 spiro atoms. The normalized spacial score (nSPS) is 22.2. The molecule has 0 saturated heterocycles. The summed E-state index contributed by atoms with van der Waals surface area (Å²) in [5.41, 5.74) is 2.54. The average molecular weight is 292 g/mol. The summed E-state index contributed by atoms with van der Waals surface area (Å²) in [6.45, 7) is 8.40. The van der Waals surface area contributed by atoms with Crippen molar-refractivity contribution in [1.82, 2.24) is 0 Å². The van der Waals surface area contributed by atoms with Gasteiger partial charge in [-0.2, -0.15) is 12.2 Å². The Kier molecular flexibility index (Phi) is 17.0. The van der Waals surface area contributed by atoms with E-state index in [1.54, 1.807) is 19.2 Å². The first-order valence-electron chi connectivity index (χ1n) is 5.39. The first-order valence-corrected chi connectivity index (χ1v) is 8.24. The zero-order chi connectivity index (χ0) is 12.6. The van der Waals surface area contributed by atoms with Gasteiger partial charge in [0.15, 0.2) is 0 Å². The first kappa shape index (κ1) is 23.0. The number of hydrogen-bond acceptors (Lipinski definition) is 0. The zero-order valence-electron chi connectivity index (χ0n) is 12.5. The third-order valence-electron chi connectivity index (χ3n) is 2.18. The molecule has 0 fully saturated rings. The summed E-state index contributed by atoms with van der Waals surface area (Å²) in [5.74, 6) is 1.11. The molecule has 0 aromatic heterocycles. The van der Waals surface area contributed by atoms with Crippen LogP contribution in [0.5, 0.6) is 0 Å². The van der Waals surface area contributed by atoms with Crippen LogP contribution in [0.25, 0.3) is 0 Å². The fourth-order valence-corrected chi connectivity index (χ4v) is 1.49. The van der Waals surface area contributed by atoms with Crippen LogP contribution in [-0.4, -0.2) is 7.63 Å². The second kappa shape index (κ2) is 13.3. The van der Waals surface area contributed by atoms with Crippen LogP contribution in [0.4, 0.5) is 0 Å². The van der Waals surface area contributed by atoms with Crippen molar-refractivity contribution in [1.29, 1.82) is 0 Å². The number of rotatable bonds is 0. The minimum atomic E-state index is 0. The Bertz CT molecular complexity index is 292. The molecule has 18 heavy (non-hydrogen) atoms. The van der Waals surface area contributed by atoms with E-state index in [4.69, 9.17) is 0 Å². The zero-order valence-corrected chi connectivity index (χ0v) is 15.0. The Labute approximate surface area is 128 Å². The van der Waals surface area contributed by atoms with Crippen LogP contribution in [-0.2, 0) is 19.2 Å². The van der Waals surface area contributed by atoms with E-state index in [2.05, 4.69) is 71.8 Å². The van der Waals surface area contributed by atoms with E-state index in [-0.39, 0.29) is 14.9 Å². The molecule has 0 aromatic rings. The predicted molar refractivity (Wildman–Crippen MR) is 80.1 cm³/mol. The molecular weight excluding hydrogens is 268 g/mol. The second-order valence-corrected chi connectivity index (χ2v) is 3.95. The van der Waals surface area contributed by atoms with E-state index in [1.165, 1.54) is 11.1 Å². The first-order chi connectivity index (χ1) is 7.58. The van der Waals surface area contributed by atoms with Gasteiger partial charge in [-0.25, -0.2) is 23.3 Å². The van der Waals surface area contributed by atoms with Crippen LogP contribution in [0, 0.1) is 38.8 Å². The molecule has 0 aliphatic heterocycles. The van der Waals surface area contributed by atoms with Crippen molar-refractivity contribution in [3.05, 3.63) is 62.5 Å². The van der Waals surface area contributed by atoms with Crippen LogP contribution in [0.2, 0.25) is 0 Å². The minimum absolute atomic E-state index is 0.